The smallest absolute Gasteiger partial charge is 0.317 e. The SMILES string of the molecule is CCCNC(=O)N(CCCCCN1CCOCC1)CC1C=CC(C(=O)Nc2ccccc2N)=NC1. The Balaban J connectivity index is 1.45. The Morgan fingerprint density at radius 1 is 1.20 bits per heavy atom. The van der Waals surface area contributed by atoms with Crippen molar-refractivity contribution in [1.29, 1.82) is 0 Å². The largest absolute Gasteiger partial charge is 0.397 e. The molecule has 2 aliphatic rings. The molecule has 9 nitrogen and oxygen atoms in total. The molecule has 0 radical (unpaired) electrons. The van der Waals surface area contributed by atoms with Crippen molar-refractivity contribution in [2.75, 3.05) is 70.1 Å². The highest BCUT2D eigenvalue weighted by Crippen LogP contribution is 2.17. The Bertz CT molecular complexity index is 882. The topological polar surface area (TPSA) is 112 Å². The van der Waals surface area contributed by atoms with Crippen LogP contribution in [0.1, 0.15) is 32.6 Å². The Morgan fingerprint density at radius 3 is 2.71 bits per heavy atom. The van der Waals surface area contributed by atoms with Crippen LogP contribution in [0.2, 0.25) is 0 Å². The van der Waals surface area contributed by atoms with Gasteiger partial charge in [0.15, 0.2) is 0 Å². The summed E-state index contributed by atoms with van der Waals surface area (Å²) in [6, 6.07) is 7.11. The number of amides is 3. The molecule has 1 fully saturated rings. The number of para-hydroxylation sites is 2. The summed E-state index contributed by atoms with van der Waals surface area (Å²) in [5.74, 6) is -0.204. The average Bonchev–Trinajstić information content (AvgIpc) is 2.88. The summed E-state index contributed by atoms with van der Waals surface area (Å²) in [5, 5.41) is 5.81. The number of aliphatic imine (C=N–C) groups is 1. The number of anilines is 2. The molecule has 2 heterocycles. The van der Waals surface area contributed by atoms with Gasteiger partial charge in [0.1, 0.15) is 5.71 Å². The third-order valence-corrected chi connectivity index (χ3v) is 6.24. The number of ether oxygens (including phenoxy) is 1. The lowest BCUT2D eigenvalue weighted by Gasteiger charge is -2.28. The maximum absolute atomic E-state index is 12.8. The highest BCUT2D eigenvalue weighted by molar-refractivity contribution is 6.47. The van der Waals surface area contributed by atoms with Gasteiger partial charge in [-0.25, -0.2) is 4.79 Å². The molecular formula is C26H40N6O3. The van der Waals surface area contributed by atoms with E-state index in [-0.39, 0.29) is 17.9 Å². The highest BCUT2D eigenvalue weighted by atomic mass is 16.5. The van der Waals surface area contributed by atoms with Crippen LogP contribution in [0.25, 0.3) is 0 Å². The Hall–Kier alpha value is -2.91. The normalized spacial score (nSPS) is 18.1. The molecule has 3 amide bonds. The van der Waals surface area contributed by atoms with E-state index in [0.29, 0.717) is 43.3 Å². The fraction of sp³-hybridized carbons (Fsp3) is 0.577. The first-order valence-corrected chi connectivity index (χ1v) is 12.8. The summed E-state index contributed by atoms with van der Waals surface area (Å²) in [7, 11) is 0. The van der Waals surface area contributed by atoms with Gasteiger partial charge in [-0.05, 0) is 44.0 Å². The van der Waals surface area contributed by atoms with E-state index in [1.165, 1.54) is 0 Å². The van der Waals surface area contributed by atoms with Gasteiger partial charge in [-0.1, -0.05) is 31.6 Å². The van der Waals surface area contributed by atoms with E-state index in [0.717, 1.165) is 58.5 Å². The first-order valence-electron chi connectivity index (χ1n) is 12.8. The van der Waals surface area contributed by atoms with Crippen LogP contribution in [0, 0.1) is 5.92 Å². The first-order chi connectivity index (χ1) is 17.1. The number of nitrogens with one attached hydrogen (secondary N) is 2. The molecule has 9 heteroatoms. The van der Waals surface area contributed by atoms with Gasteiger partial charge in [0, 0.05) is 45.2 Å². The number of dihydropyridines is 1. The summed E-state index contributed by atoms with van der Waals surface area (Å²) >= 11 is 0. The van der Waals surface area contributed by atoms with Gasteiger partial charge >= 0.3 is 6.03 Å². The van der Waals surface area contributed by atoms with Gasteiger partial charge in [0.2, 0.25) is 0 Å². The third kappa shape index (κ3) is 8.99. The second-order valence-corrected chi connectivity index (χ2v) is 9.08. The van der Waals surface area contributed by atoms with Gasteiger partial charge < -0.3 is 26.0 Å². The number of nitrogens with two attached hydrogens (primary N) is 1. The lowest BCUT2D eigenvalue weighted by Crippen LogP contribution is -2.44. The summed E-state index contributed by atoms with van der Waals surface area (Å²) in [4.78, 5) is 34.1. The molecule has 4 N–H and O–H groups in total. The van der Waals surface area contributed by atoms with E-state index in [9.17, 15) is 9.59 Å². The third-order valence-electron chi connectivity index (χ3n) is 6.24. The molecule has 1 aromatic carbocycles. The quantitative estimate of drug-likeness (QED) is 0.312. The second-order valence-electron chi connectivity index (χ2n) is 9.08. The van der Waals surface area contributed by atoms with Crippen molar-refractivity contribution in [3.8, 4) is 0 Å². The summed E-state index contributed by atoms with van der Waals surface area (Å²) in [6.07, 6.45) is 7.80. The van der Waals surface area contributed by atoms with Crippen molar-refractivity contribution in [3.63, 3.8) is 0 Å². The predicted octanol–water partition coefficient (Wildman–Crippen LogP) is 2.76. The molecule has 35 heavy (non-hydrogen) atoms. The van der Waals surface area contributed by atoms with Crippen molar-refractivity contribution >= 4 is 29.0 Å². The second kappa shape index (κ2) is 14.5. The number of carbonyl (C=O) groups is 2. The fourth-order valence-corrected chi connectivity index (χ4v) is 4.16. The standard InChI is InChI=1S/C26H40N6O3/c1-2-12-28-26(34)32(14-7-3-6-13-31-15-17-35-18-16-31)20-21-10-11-24(29-19-21)25(33)30-23-9-5-4-8-22(23)27/h4-5,8-11,21H,2-3,6-7,12-20,27H2,1H3,(H,28,34)(H,30,33). The number of carbonyl (C=O) groups excluding carboxylic acids is 2. The van der Waals surface area contributed by atoms with Crippen molar-refractivity contribution in [3.05, 3.63) is 36.4 Å². The van der Waals surface area contributed by atoms with Crippen LogP contribution in [0.15, 0.2) is 41.4 Å². The molecule has 1 aromatic rings. The number of hydrogen-bond acceptors (Lipinski definition) is 6. The number of urea groups is 1. The fourth-order valence-electron chi connectivity index (χ4n) is 4.16. The summed E-state index contributed by atoms with van der Waals surface area (Å²) < 4.78 is 5.41. The Kier molecular flexibility index (Phi) is 11.0. The van der Waals surface area contributed by atoms with Gasteiger partial charge in [-0.15, -0.1) is 0 Å². The monoisotopic (exact) mass is 484 g/mol. The lowest BCUT2D eigenvalue weighted by molar-refractivity contribution is -0.110. The summed E-state index contributed by atoms with van der Waals surface area (Å²) in [6.45, 7) is 9.24. The maximum Gasteiger partial charge on any atom is 0.317 e. The molecule has 1 saturated heterocycles. The number of benzene rings is 1. The van der Waals surface area contributed by atoms with Crippen LogP contribution in [-0.2, 0) is 9.53 Å². The van der Waals surface area contributed by atoms with Crippen molar-refractivity contribution in [2.45, 2.75) is 32.6 Å². The molecule has 2 aliphatic heterocycles. The minimum absolute atomic E-state index is 0.0273. The lowest BCUT2D eigenvalue weighted by atomic mass is 10.0. The van der Waals surface area contributed by atoms with Gasteiger partial charge in [0.05, 0.1) is 24.6 Å². The molecular weight excluding hydrogens is 444 g/mol. The molecule has 0 aliphatic carbocycles. The van der Waals surface area contributed by atoms with E-state index >= 15 is 0 Å². The number of rotatable bonds is 12. The van der Waals surface area contributed by atoms with Crippen LogP contribution in [0.5, 0.6) is 0 Å². The molecule has 0 bridgehead atoms. The minimum Gasteiger partial charge on any atom is -0.397 e. The summed E-state index contributed by atoms with van der Waals surface area (Å²) in [5.41, 5.74) is 7.37. The van der Waals surface area contributed by atoms with Crippen LogP contribution in [0.3, 0.4) is 0 Å². The predicted molar refractivity (Wildman–Crippen MR) is 141 cm³/mol. The molecule has 1 atom stereocenters. The number of nitrogens with zero attached hydrogens (tertiary/aromatic N) is 3. The molecule has 3 rings (SSSR count). The zero-order valence-electron chi connectivity index (χ0n) is 20.9. The van der Waals surface area contributed by atoms with Gasteiger partial charge in [0.25, 0.3) is 5.91 Å². The maximum atomic E-state index is 12.8. The van der Waals surface area contributed by atoms with E-state index in [2.05, 4.69) is 20.5 Å². The number of nitrogen functional groups attached to an aromatic ring is 1. The van der Waals surface area contributed by atoms with Gasteiger partial charge in [-0.2, -0.15) is 0 Å². The van der Waals surface area contributed by atoms with Crippen molar-refractivity contribution in [1.82, 2.24) is 15.1 Å². The van der Waals surface area contributed by atoms with Crippen LogP contribution in [0.4, 0.5) is 16.2 Å². The van der Waals surface area contributed by atoms with Crippen LogP contribution in [-0.4, -0.2) is 86.5 Å². The van der Waals surface area contributed by atoms with E-state index < -0.39 is 0 Å². The van der Waals surface area contributed by atoms with Crippen LogP contribution < -0.4 is 16.4 Å². The highest BCUT2D eigenvalue weighted by Gasteiger charge is 2.21. The Morgan fingerprint density at radius 2 is 2.00 bits per heavy atom. The number of morpholine rings is 1. The molecule has 0 saturated carbocycles. The Labute approximate surface area is 208 Å². The van der Waals surface area contributed by atoms with E-state index in [1.807, 2.05) is 30.0 Å². The molecule has 1 unspecified atom stereocenters. The number of unbranched alkanes of at least 4 members (excludes halogenated alkanes) is 2. The van der Waals surface area contributed by atoms with Gasteiger partial charge in [-0.3, -0.25) is 14.7 Å². The zero-order valence-corrected chi connectivity index (χ0v) is 20.9. The number of hydrogen-bond donors (Lipinski definition) is 3. The first kappa shape index (κ1) is 26.7. The molecule has 192 valence electrons. The molecule has 0 aromatic heterocycles. The van der Waals surface area contributed by atoms with E-state index in [1.54, 1.807) is 18.2 Å². The molecule has 0 spiro atoms. The van der Waals surface area contributed by atoms with E-state index in [4.69, 9.17) is 10.5 Å². The minimum atomic E-state index is -0.282. The zero-order chi connectivity index (χ0) is 24.9. The van der Waals surface area contributed by atoms with Crippen molar-refractivity contribution in [2.24, 2.45) is 10.9 Å². The van der Waals surface area contributed by atoms with Crippen molar-refractivity contribution < 1.29 is 14.3 Å². The average molecular weight is 485 g/mol. The van der Waals surface area contributed by atoms with Crippen LogP contribution >= 0.6 is 0 Å².